The molecule has 1 aliphatic heterocycles. The van der Waals surface area contributed by atoms with Crippen LogP contribution in [0.25, 0.3) is 0 Å². The van der Waals surface area contributed by atoms with Crippen LogP contribution in [-0.2, 0) is 17.9 Å². The van der Waals surface area contributed by atoms with Crippen LogP contribution in [0.2, 0.25) is 0 Å². The van der Waals surface area contributed by atoms with Gasteiger partial charge in [0.1, 0.15) is 11.9 Å². The predicted octanol–water partition coefficient (Wildman–Crippen LogP) is 3.41. The van der Waals surface area contributed by atoms with E-state index < -0.39 is 5.92 Å². The Morgan fingerprint density at radius 1 is 1.38 bits per heavy atom. The lowest BCUT2D eigenvalue weighted by atomic mass is 9.81. The van der Waals surface area contributed by atoms with E-state index in [9.17, 15) is 13.6 Å². The normalized spacial score (nSPS) is 20.8. The number of rotatable bonds is 6. The summed E-state index contributed by atoms with van der Waals surface area (Å²) in [7, 11) is 1.92. The number of amides is 1. The first-order valence-electron chi connectivity index (χ1n) is 9.94. The standard InChI is InChI=1S/C20H26F2N6O/c1-4-15-19(29)26-18-12(2)25-17(5-16(18)27(15)3)23-8-14-9-24-28(11-14)10-13-6-20(21,22)7-13/h5,9,11,13,15H,4,6-8,10H2,1-3H3,(H,23,25)(H,26,29)/t15-/m0/s1. The summed E-state index contributed by atoms with van der Waals surface area (Å²) in [5.41, 5.74) is 3.40. The molecule has 0 radical (unpaired) electrons. The zero-order valence-corrected chi connectivity index (χ0v) is 16.9. The van der Waals surface area contributed by atoms with E-state index >= 15 is 0 Å². The summed E-state index contributed by atoms with van der Waals surface area (Å²) in [5, 5.41) is 10.5. The van der Waals surface area contributed by atoms with Gasteiger partial charge in [0, 0.05) is 50.8 Å². The van der Waals surface area contributed by atoms with Crippen LogP contribution < -0.4 is 15.5 Å². The van der Waals surface area contributed by atoms with Gasteiger partial charge in [-0.1, -0.05) is 6.92 Å². The third kappa shape index (κ3) is 3.90. The largest absolute Gasteiger partial charge is 0.366 e. The molecule has 1 saturated carbocycles. The number of likely N-dealkylation sites (N-methyl/N-ethyl adjacent to an activating group) is 1. The van der Waals surface area contributed by atoms with Gasteiger partial charge in [-0.15, -0.1) is 0 Å². The van der Waals surface area contributed by atoms with Crippen LogP contribution in [0.4, 0.5) is 26.0 Å². The molecule has 1 aliphatic carbocycles. The van der Waals surface area contributed by atoms with E-state index in [4.69, 9.17) is 0 Å². The van der Waals surface area contributed by atoms with Gasteiger partial charge < -0.3 is 15.5 Å². The number of hydrogen-bond donors (Lipinski definition) is 2. The summed E-state index contributed by atoms with van der Waals surface area (Å²) in [4.78, 5) is 18.8. The summed E-state index contributed by atoms with van der Waals surface area (Å²) < 4.78 is 27.7. The summed E-state index contributed by atoms with van der Waals surface area (Å²) in [6.07, 6.45) is 4.24. The van der Waals surface area contributed by atoms with E-state index in [1.54, 1.807) is 10.9 Å². The molecular formula is C20H26F2N6O. The smallest absolute Gasteiger partial charge is 0.248 e. The van der Waals surface area contributed by atoms with Crippen LogP contribution in [0.15, 0.2) is 18.5 Å². The van der Waals surface area contributed by atoms with Crippen LogP contribution in [0.1, 0.15) is 37.4 Å². The number of hydrogen-bond acceptors (Lipinski definition) is 5. The van der Waals surface area contributed by atoms with Crippen molar-refractivity contribution < 1.29 is 13.6 Å². The molecule has 7 nitrogen and oxygen atoms in total. The maximum absolute atomic E-state index is 13.0. The molecule has 4 rings (SSSR count). The van der Waals surface area contributed by atoms with Crippen LogP contribution >= 0.6 is 0 Å². The molecule has 2 aromatic rings. The minimum absolute atomic E-state index is 0.00655. The molecule has 2 N–H and O–H groups in total. The molecule has 9 heteroatoms. The highest BCUT2D eigenvalue weighted by Crippen LogP contribution is 2.43. The minimum atomic E-state index is -2.50. The highest BCUT2D eigenvalue weighted by atomic mass is 19.3. The lowest BCUT2D eigenvalue weighted by Gasteiger charge is -2.35. The number of pyridine rings is 1. The van der Waals surface area contributed by atoms with E-state index in [1.165, 1.54) is 0 Å². The lowest BCUT2D eigenvalue weighted by Crippen LogP contribution is -2.45. The highest BCUT2D eigenvalue weighted by Gasteiger charge is 2.45. The minimum Gasteiger partial charge on any atom is -0.366 e. The van der Waals surface area contributed by atoms with Gasteiger partial charge in [-0.05, 0) is 19.3 Å². The number of nitrogens with zero attached hydrogens (tertiary/aromatic N) is 4. The quantitative estimate of drug-likeness (QED) is 0.772. The molecule has 1 atom stereocenters. The predicted molar refractivity (Wildman–Crippen MR) is 107 cm³/mol. The first-order chi connectivity index (χ1) is 13.8. The van der Waals surface area contributed by atoms with Gasteiger partial charge in [-0.3, -0.25) is 9.48 Å². The second kappa shape index (κ2) is 7.27. The summed E-state index contributed by atoms with van der Waals surface area (Å²) in [6, 6.07) is 1.74. The van der Waals surface area contributed by atoms with Crippen molar-refractivity contribution in [1.82, 2.24) is 14.8 Å². The van der Waals surface area contributed by atoms with E-state index in [0.717, 1.165) is 29.1 Å². The monoisotopic (exact) mass is 404 g/mol. The topological polar surface area (TPSA) is 75.1 Å². The molecule has 0 bridgehead atoms. The average Bonchev–Trinajstić information content (AvgIpc) is 3.07. The summed E-state index contributed by atoms with van der Waals surface area (Å²) in [6.45, 7) is 4.91. The molecule has 2 aromatic heterocycles. The van der Waals surface area contributed by atoms with Crippen molar-refractivity contribution >= 4 is 23.1 Å². The van der Waals surface area contributed by atoms with E-state index in [1.807, 2.05) is 38.1 Å². The van der Waals surface area contributed by atoms with Gasteiger partial charge in [0.15, 0.2) is 0 Å². The maximum Gasteiger partial charge on any atom is 0.248 e. The first-order valence-corrected chi connectivity index (χ1v) is 9.94. The van der Waals surface area contributed by atoms with Crippen molar-refractivity contribution in [3.05, 3.63) is 29.7 Å². The number of aryl methyl sites for hydroxylation is 1. The molecule has 2 aliphatic rings. The molecule has 0 aromatic carbocycles. The molecule has 0 saturated heterocycles. The molecular weight excluding hydrogens is 378 g/mol. The Bertz CT molecular complexity index is 920. The highest BCUT2D eigenvalue weighted by molar-refractivity contribution is 6.04. The van der Waals surface area contributed by atoms with E-state index in [2.05, 4.69) is 20.7 Å². The Kier molecular flexibility index (Phi) is 4.92. The molecule has 156 valence electrons. The third-order valence-electron chi connectivity index (χ3n) is 5.74. The fraction of sp³-hybridized carbons (Fsp3) is 0.550. The molecule has 29 heavy (non-hydrogen) atoms. The van der Waals surface area contributed by atoms with Gasteiger partial charge in [-0.2, -0.15) is 5.10 Å². The van der Waals surface area contributed by atoms with Gasteiger partial charge in [-0.25, -0.2) is 13.8 Å². The SMILES string of the molecule is CC[C@H]1C(=O)Nc2c(cc(NCc3cnn(CC4CC(F)(F)C4)c3)nc2C)N1C. The lowest BCUT2D eigenvalue weighted by molar-refractivity contribution is -0.117. The van der Waals surface area contributed by atoms with Crippen LogP contribution in [-0.4, -0.2) is 39.7 Å². The van der Waals surface area contributed by atoms with Gasteiger partial charge in [0.25, 0.3) is 0 Å². The summed E-state index contributed by atoms with van der Waals surface area (Å²) >= 11 is 0. The van der Waals surface area contributed by atoms with Crippen LogP contribution in [0, 0.1) is 12.8 Å². The molecule has 1 amide bonds. The Morgan fingerprint density at radius 3 is 2.83 bits per heavy atom. The molecule has 1 fully saturated rings. The van der Waals surface area contributed by atoms with Crippen molar-refractivity contribution in [2.45, 2.75) is 58.2 Å². The first kappa shape index (κ1) is 19.6. The Balaban J connectivity index is 1.41. The van der Waals surface area contributed by atoms with Crippen molar-refractivity contribution in [2.75, 3.05) is 22.6 Å². The molecule has 0 spiro atoms. The second-order valence-corrected chi connectivity index (χ2v) is 8.07. The number of carbonyl (C=O) groups is 1. The van der Waals surface area contributed by atoms with E-state index in [-0.39, 0.29) is 30.7 Å². The number of nitrogens with one attached hydrogen (secondary N) is 2. The Hall–Kier alpha value is -2.71. The van der Waals surface area contributed by atoms with Gasteiger partial charge in [0.05, 0.1) is 23.3 Å². The second-order valence-electron chi connectivity index (χ2n) is 8.07. The van der Waals surface area contributed by atoms with Crippen molar-refractivity contribution in [3.63, 3.8) is 0 Å². The third-order valence-corrected chi connectivity index (χ3v) is 5.74. The van der Waals surface area contributed by atoms with E-state index in [0.29, 0.717) is 18.9 Å². The summed E-state index contributed by atoms with van der Waals surface area (Å²) in [5.74, 6) is -1.80. The maximum atomic E-state index is 13.0. The number of fused-ring (bicyclic) bond motifs is 1. The molecule has 0 unspecified atom stereocenters. The van der Waals surface area contributed by atoms with Crippen LogP contribution in [0.5, 0.6) is 0 Å². The van der Waals surface area contributed by atoms with Crippen LogP contribution in [0.3, 0.4) is 0 Å². The number of alkyl halides is 2. The number of aromatic nitrogens is 3. The number of halogens is 2. The van der Waals surface area contributed by atoms with Gasteiger partial charge >= 0.3 is 0 Å². The van der Waals surface area contributed by atoms with Crippen molar-refractivity contribution in [3.8, 4) is 0 Å². The Morgan fingerprint density at radius 2 is 2.14 bits per heavy atom. The fourth-order valence-corrected chi connectivity index (χ4v) is 4.16. The number of carbonyl (C=O) groups excluding carboxylic acids is 1. The number of anilines is 3. The molecule has 3 heterocycles. The average molecular weight is 404 g/mol. The Labute approximate surface area is 168 Å². The van der Waals surface area contributed by atoms with Crippen molar-refractivity contribution in [1.29, 1.82) is 0 Å². The fourth-order valence-electron chi connectivity index (χ4n) is 4.16. The van der Waals surface area contributed by atoms with Crippen molar-refractivity contribution in [2.24, 2.45) is 5.92 Å². The zero-order chi connectivity index (χ0) is 20.8. The van der Waals surface area contributed by atoms with Gasteiger partial charge in [0.2, 0.25) is 11.8 Å². The zero-order valence-electron chi connectivity index (χ0n) is 16.9.